The van der Waals surface area contributed by atoms with Crippen molar-refractivity contribution < 1.29 is 22.0 Å². The Morgan fingerprint density at radius 2 is 1.83 bits per heavy atom. The number of halogens is 2. The normalized spacial score (nSPS) is 21.0. The minimum Gasteiger partial charge on any atom is -0.337 e. The van der Waals surface area contributed by atoms with Crippen LogP contribution in [0.3, 0.4) is 0 Å². The van der Waals surface area contributed by atoms with Crippen LogP contribution in [0.4, 0.5) is 14.5 Å². The summed E-state index contributed by atoms with van der Waals surface area (Å²) >= 11 is 0. The molecular weight excluding hydrogens is 558 g/mol. The van der Waals surface area contributed by atoms with E-state index in [1.165, 1.54) is 24.3 Å². The molecule has 0 bridgehead atoms. The van der Waals surface area contributed by atoms with Gasteiger partial charge in [0.25, 0.3) is 5.92 Å². The third-order valence-corrected chi connectivity index (χ3v) is 9.80. The number of alkyl halides is 2. The molecule has 0 aliphatic heterocycles. The Hall–Kier alpha value is -3.89. The number of nitrogens with zero attached hydrogens (tertiary/aromatic N) is 3. The van der Waals surface area contributed by atoms with Crippen molar-refractivity contribution in [2.45, 2.75) is 55.5 Å². The molecule has 6 rings (SSSR count). The summed E-state index contributed by atoms with van der Waals surface area (Å²) in [7, 11) is -2.15. The monoisotopic (exact) mass is 590 g/mol. The summed E-state index contributed by atoms with van der Waals surface area (Å²) < 4.78 is 61.2. The Kier molecular flexibility index (Phi) is 7.22. The molecule has 0 saturated heterocycles. The topological polar surface area (TPSA) is 84.3 Å². The lowest BCUT2D eigenvalue weighted by atomic mass is 9.85. The van der Waals surface area contributed by atoms with Gasteiger partial charge in [-0.3, -0.25) is 4.79 Å². The summed E-state index contributed by atoms with van der Waals surface area (Å²) in [5, 5.41) is 0. The van der Waals surface area contributed by atoms with E-state index in [0.717, 1.165) is 11.1 Å². The Morgan fingerprint density at radius 1 is 1.10 bits per heavy atom. The van der Waals surface area contributed by atoms with Gasteiger partial charge in [-0.2, -0.15) is 0 Å². The highest BCUT2D eigenvalue weighted by atomic mass is 32.2. The first-order chi connectivity index (χ1) is 20.0. The van der Waals surface area contributed by atoms with E-state index in [1.54, 1.807) is 35.5 Å². The number of rotatable bonds is 8. The molecule has 1 amide bonds. The van der Waals surface area contributed by atoms with Crippen LogP contribution in [0.1, 0.15) is 59.3 Å². The molecule has 1 heterocycles. The number of amides is 1. The molecule has 1 N–H and O–H groups in total. The Morgan fingerprint density at radius 3 is 2.52 bits per heavy atom. The number of fused-ring (bicyclic) bond motifs is 1. The fourth-order valence-electron chi connectivity index (χ4n) is 5.77. The predicted molar refractivity (Wildman–Crippen MR) is 155 cm³/mol. The zero-order chi connectivity index (χ0) is 29.6. The van der Waals surface area contributed by atoms with Crippen LogP contribution in [0.15, 0.2) is 90.1 Å². The maximum absolute atomic E-state index is 15.1. The van der Waals surface area contributed by atoms with Crippen LogP contribution in [0, 0.1) is 12.8 Å². The number of sulfonamides is 1. The Bertz CT molecular complexity index is 1720. The first kappa shape index (κ1) is 28.2. The van der Waals surface area contributed by atoms with Crippen molar-refractivity contribution in [3.63, 3.8) is 0 Å². The van der Waals surface area contributed by atoms with Gasteiger partial charge < -0.3 is 9.47 Å². The number of carbonyl (C=O) groups is 1. The molecule has 2 aliphatic rings. The summed E-state index contributed by atoms with van der Waals surface area (Å²) in [5.41, 5.74) is 2.37. The number of hydrogen-bond donors (Lipinski definition) is 1. The molecule has 3 unspecified atom stereocenters. The van der Waals surface area contributed by atoms with E-state index >= 15 is 8.78 Å². The number of hydrogen-bond acceptors (Lipinski definition) is 4. The van der Waals surface area contributed by atoms with E-state index in [9.17, 15) is 13.2 Å². The lowest BCUT2D eigenvalue weighted by Gasteiger charge is -2.33. The Labute approximate surface area is 244 Å². The fourth-order valence-corrected chi connectivity index (χ4v) is 7.02. The maximum atomic E-state index is 15.1. The summed E-state index contributed by atoms with van der Waals surface area (Å²) in [6, 6.07) is 19.7. The smallest absolute Gasteiger partial charge is 0.273 e. The van der Waals surface area contributed by atoms with E-state index < -0.39 is 28.4 Å². The lowest BCUT2D eigenvalue weighted by Crippen LogP contribution is -2.36. The van der Waals surface area contributed by atoms with E-state index in [4.69, 9.17) is 0 Å². The van der Waals surface area contributed by atoms with Crippen LogP contribution in [-0.2, 0) is 34.3 Å². The van der Waals surface area contributed by atoms with Gasteiger partial charge in [-0.1, -0.05) is 54.1 Å². The van der Waals surface area contributed by atoms with E-state index in [-0.39, 0.29) is 46.7 Å². The number of imidazole rings is 1. The molecule has 218 valence electrons. The summed E-state index contributed by atoms with van der Waals surface area (Å²) in [5.74, 6) is -2.77. The molecule has 42 heavy (non-hydrogen) atoms. The third-order valence-electron chi connectivity index (χ3n) is 8.31. The van der Waals surface area contributed by atoms with Crippen molar-refractivity contribution in [3.05, 3.63) is 113 Å². The van der Waals surface area contributed by atoms with Crippen molar-refractivity contribution in [1.29, 1.82) is 0 Å². The van der Waals surface area contributed by atoms with Crippen molar-refractivity contribution in [2.24, 2.45) is 13.0 Å². The quantitative estimate of drug-likeness (QED) is 0.274. The van der Waals surface area contributed by atoms with Gasteiger partial charge in [0, 0.05) is 49.1 Å². The summed E-state index contributed by atoms with van der Waals surface area (Å²) in [4.78, 5) is 20.0. The number of benzene rings is 3. The summed E-state index contributed by atoms with van der Waals surface area (Å²) in [6.07, 6.45) is 3.55. The van der Waals surface area contributed by atoms with Gasteiger partial charge in [0.2, 0.25) is 15.9 Å². The zero-order valence-electron chi connectivity index (χ0n) is 23.4. The second-order valence-electron chi connectivity index (χ2n) is 11.2. The maximum Gasteiger partial charge on any atom is 0.273 e. The highest BCUT2D eigenvalue weighted by Crippen LogP contribution is 2.50. The van der Waals surface area contributed by atoms with E-state index in [0.29, 0.717) is 17.9 Å². The first-order valence-electron chi connectivity index (χ1n) is 14.0. The largest absolute Gasteiger partial charge is 0.337 e. The molecule has 10 heteroatoms. The van der Waals surface area contributed by atoms with Gasteiger partial charge in [-0.15, -0.1) is 0 Å². The second-order valence-corrected chi connectivity index (χ2v) is 13.0. The minimum absolute atomic E-state index is 0.0652. The molecule has 4 aromatic rings. The van der Waals surface area contributed by atoms with Gasteiger partial charge in [-0.25, -0.2) is 26.9 Å². The van der Waals surface area contributed by atoms with E-state index in [2.05, 4.69) is 9.71 Å². The standard InChI is InChI=1S/C32H32F2N4O3S/c1-21-8-11-24(12-9-21)42(40,41)36-29-14-15-32(33,34)28-13-10-23(18-27(28)29)38(20-30-35-16-17-37(30)2)31(39)26-19-25(26)22-6-4-3-5-7-22/h3-13,16-18,25-26,29,36H,14-15,19-20H2,1-2H3. The molecular formula is C32H32F2N4O3S. The number of nitrogens with one attached hydrogen (secondary N) is 1. The SMILES string of the molecule is Cc1ccc(S(=O)(=O)NC2CCC(F)(F)c3ccc(N(Cc4nccn4C)C(=O)C4CC4c4ccccc4)cc32)cc1. The van der Waals surface area contributed by atoms with Crippen LogP contribution < -0.4 is 9.62 Å². The number of anilines is 1. The highest BCUT2D eigenvalue weighted by molar-refractivity contribution is 7.89. The van der Waals surface area contributed by atoms with Crippen molar-refractivity contribution in [2.75, 3.05) is 4.90 Å². The number of aromatic nitrogens is 2. The van der Waals surface area contributed by atoms with Gasteiger partial charge in [0.05, 0.1) is 11.4 Å². The van der Waals surface area contributed by atoms with Gasteiger partial charge in [0.1, 0.15) is 5.82 Å². The van der Waals surface area contributed by atoms with Gasteiger partial charge >= 0.3 is 0 Å². The van der Waals surface area contributed by atoms with Crippen molar-refractivity contribution >= 4 is 21.6 Å². The van der Waals surface area contributed by atoms with Crippen LogP contribution in [0.5, 0.6) is 0 Å². The average Bonchev–Trinajstić information content (AvgIpc) is 3.68. The number of carbonyl (C=O) groups excluding carboxylic acids is 1. The van der Waals surface area contributed by atoms with Gasteiger partial charge in [-0.05, 0) is 61.1 Å². The zero-order valence-corrected chi connectivity index (χ0v) is 24.2. The minimum atomic E-state index is -3.98. The van der Waals surface area contributed by atoms with Gasteiger partial charge in [0.15, 0.2) is 0 Å². The van der Waals surface area contributed by atoms with Crippen LogP contribution in [0.25, 0.3) is 0 Å². The average molecular weight is 591 g/mol. The summed E-state index contributed by atoms with van der Waals surface area (Å²) in [6.45, 7) is 2.00. The van der Waals surface area contributed by atoms with Crippen LogP contribution >= 0.6 is 0 Å². The third kappa shape index (κ3) is 5.48. The molecule has 2 aliphatic carbocycles. The molecule has 3 aromatic carbocycles. The molecule has 3 atom stereocenters. The van der Waals surface area contributed by atoms with Crippen LogP contribution in [-0.4, -0.2) is 23.9 Å². The predicted octanol–water partition coefficient (Wildman–Crippen LogP) is 5.97. The van der Waals surface area contributed by atoms with Crippen LogP contribution in [0.2, 0.25) is 0 Å². The molecule has 7 nitrogen and oxygen atoms in total. The highest BCUT2D eigenvalue weighted by Gasteiger charge is 2.47. The van der Waals surface area contributed by atoms with Crippen molar-refractivity contribution in [3.8, 4) is 0 Å². The molecule has 1 saturated carbocycles. The molecule has 1 aromatic heterocycles. The molecule has 1 fully saturated rings. The van der Waals surface area contributed by atoms with E-state index in [1.807, 2.05) is 48.9 Å². The fraction of sp³-hybridized carbons (Fsp3) is 0.312. The van der Waals surface area contributed by atoms with Crippen molar-refractivity contribution in [1.82, 2.24) is 14.3 Å². The Balaban J connectivity index is 1.36. The first-order valence-corrected chi connectivity index (χ1v) is 15.5. The molecule has 0 spiro atoms. The lowest BCUT2D eigenvalue weighted by molar-refractivity contribution is -0.120. The molecule has 0 radical (unpaired) electrons. The second kappa shape index (κ2) is 10.7. The number of aryl methyl sites for hydroxylation is 2.